The Hall–Kier alpha value is -2.89. The number of carbonyl (C=O) groups excluding carboxylic acids is 2. The van der Waals surface area contributed by atoms with Crippen LogP contribution in [-0.2, 0) is 16.1 Å². The van der Waals surface area contributed by atoms with E-state index in [0.29, 0.717) is 18.0 Å². The topological polar surface area (TPSA) is 80.3 Å². The third kappa shape index (κ3) is 4.10. The summed E-state index contributed by atoms with van der Waals surface area (Å²) >= 11 is 0. The lowest BCUT2D eigenvalue weighted by Crippen LogP contribution is -2.44. The number of pyridine rings is 1. The highest BCUT2D eigenvalue weighted by atomic mass is 16.5. The summed E-state index contributed by atoms with van der Waals surface area (Å²) in [6, 6.07) is 10.7. The van der Waals surface area contributed by atoms with Gasteiger partial charge in [0, 0.05) is 18.9 Å². The van der Waals surface area contributed by atoms with E-state index in [1.54, 1.807) is 50.5 Å². The van der Waals surface area contributed by atoms with Crippen LogP contribution in [0.3, 0.4) is 0 Å². The minimum Gasteiger partial charge on any atom is -0.495 e. The number of ether oxygens (including phenoxy) is 1. The zero-order chi connectivity index (χ0) is 17.6. The zero-order valence-electron chi connectivity index (χ0n) is 14.0. The molecule has 0 atom stereocenters. The van der Waals surface area contributed by atoms with Crippen LogP contribution in [-0.4, -0.2) is 23.9 Å². The first kappa shape index (κ1) is 17.5. The highest BCUT2D eigenvalue weighted by Gasteiger charge is 2.36. The summed E-state index contributed by atoms with van der Waals surface area (Å²) in [7, 11) is 1.53. The van der Waals surface area contributed by atoms with E-state index >= 15 is 0 Å². The van der Waals surface area contributed by atoms with Gasteiger partial charge in [0.2, 0.25) is 11.8 Å². The number of para-hydroxylation sites is 2. The summed E-state index contributed by atoms with van der Waals surface area (Å²) in [4.78, 5) is 28.8. The van der Waals surface area contributed by atoms with Crippen LogP contribution in [0.5, 0.6) is 5.75 Å². The number of benzene rings is 1. The van der Waals surface area contributed by atoms with Crippen molar-refractivity contribution in [1.82, 2.24) is 10.3 Å². The van der Waals surface area contributed by atoms with E-state index in [9.17, 15) is 9.59 Å². The molecular weight excluding hydrogens is 306 g/mol. The molecule has 1 heterocycles. The first-order valence-corrected chi connectivity index (χ1v) is 7.57. The third-order valence-electron chi connectivity index (χ3n) is 3.69. The number of hydrogen-bond acceptors (Lipinski definition) is 4. The average molecular weight is 327 g/mol. The van der Waals surface area contributed by atoms with E-state index in [4.69, 9.17) is 4.74 Å². The fourth-order valence-corrected chi connectivity index (χ4v) is 2.03. The van der Waals surface area contributed by atoms with E-state index in [1.165, 1.54) is 7.11 Å². The van der Waals surface area contributed by atoms with E-state index < -0.39 is 11.3 Å². The SMILES string of the molecule is COc1ccccc1NC(=O)C(C)(C)C(=O)NCc1ccncc1. The number of rotatable bonds is 6. The van der Waals surface area contributed by atoms with Crippen molar-refractivity contribution in [3.63, 3.8) is 0 Å². The Balaban J connectivity index is 2.02. The lowest BCUT2D eigenvalue weighted by atomic mass is 9.90. The third-order valence-corrected chi connectivity index (χ3v) is 3.69. The minimum absolute atomic E-state index is 0.340. The van der Waals surface area contributed by atoms with Gasteiger partial charge < -0.3 is 15.4 Å². The molecule has 0 saturated heterocycles. The first-order valence-electron chi connectivity index (χ1n) is 7.57. The van der Waals surface area contributed by atoms with E-state index in [2.05, 4.69) is 15.6 Å². The molecule has 0 aliphatic heterocycles. The molecule has 0 fully saturated rings. The van der Waals surface area contributed by atoms with Gasteiger partial charge in [0.15, 0.2) is 0 Å². The van der Waals surface area contributed by atoms with Crippen molar-refractivity contribution in [1.29, 1.82) is 0 Å². The second kappa shape index (κ2) is 7.59. The summed E-state index contributed by atoms with van der Waals surface area (Å²) in [6.45, 7) is 3.51. The zero-order valence-corrected chi connectivity index (χ0v) is 14.0. The Bertz CT molecular complexity index is 714. The predicted molar refractivity (Wildman–Crippen MR) is 91.5 cm³/mol. The predicted octanol–water partition coefficient (Wildman–Crippen LogP) is 2.37. The number of aromatic nitrogens is 1. The van der Waals surface area contributed by atoms with E-state index in [1.807, 2.05) is 12.1 Å². The standard InChI is InChI=1S/C18H21N3O3/c1-18(2,16(22)20-12-13-8-10-19-11-9-13)17(23)21-14-6-4-5-7-15(14)24-3/h4-11H,12H2,1-3H3,(H,20,22)(H,21,23). The summed E-state index contributed by atoms with van der Waals surface area (Å²) in [5, 5.41) is 5.52. The second-order valence-corrected chi connectivity index (χ2v) is 5.82. The lowest BCUT2D eigenvalue weighted by Gasteiger charge is -2.23. The Labute approximate surface area is 141 Å². The van der Waals surface area contributed by atoms with Crippen LogP contribution < -0.4 is 15.4 Å². The van der Waals surface area contributed by atoms with Crippen LogP contribution in [0.25, 0.3) is 0 Å². The molecule has 0 bridgehead atoms. The quantitative estimate of drug-likeness (QED) is 0.798. The van der Waals surface area contributed by atoms with Gasteiger partial charge in [-0.15, -0.1) is 0 Å². The summed E-state index contributed by atoms with van der Waals surface area (Å²) in [6.07, 6.45) is 3.31. The molecule has 6 heteroatoms. The summed E-state index contributed by atoms with van der Waals surface area (Å²) in [5.74, 6) is -0.218. The fourth-order valence-electron chi connectivity index (χ4n) is 2.03. The Morgan fingerprint density at radius 2 is 1.75 bits per heavy atom. The molecule has 2 aromatic rings. The molecule has 6 nitrogen and oxygen atoms in total. The van der Waals surface area contributed by atoms with Crippen LogP contribution in [0.2, 0.25) is 0 Å². The molecule has 24 heavy (non-hydrogen) atoms. The largest absolute Gasteiger partial charge is 0.495 e. The molecule has 2 rings (SSSR count). The molecule has 2 amide bonds. The minimum atomic E-state index is -1.23. The maximum absolute atomic E-state index is 12.5. The number of nitrogens with one attached hydrogen (secondary N) is 2. The molecule has 0 radical (unpaired) electrons. The Morgan fingerprint density at radius 1 is 1.08 bits per heavy atom. The molecule has 0 saturated carbocycles. The number of anilines is 1. The first-order chi connectivity index (χ1) is 11.4. The highest BCUT2D eigenvalue weighted by molar-refractivity contribution is 6.10. The smallest absolute Gasteiger partial charge is 0.239 e. The van der Waals surface area contributed by atoms with Crippen LogP contribution in [0, 0.1) is 5.41 Å². The summed E-state index contributed by atoms with van der Waals surface area (Å²) in [5.41, 5.74) is 0.216. The van der Waals surface area contributed by atoms with E-state index in [0.717, 1.165) is 5.56 Å². The summed E-state index contributed by atoms with van der Waals surface area (Å²) < 4.78 is 5.20. The van der Waals surface area contributed by atoms with Gasteiger partial charge in [-0.3, -0.25) is 14.6 Å². The molecule has 1 aromatic heterocycles. The molecule has 0 aliphatic rings. The van der Waals surface area contributed by atoms with Crippen molar-refractivity contribution >= 4 is 17.5 Å². The maximum atomic E-state index is 12.5. The number of carbonyl (C=O) groups is 2. The number of nitrogens with zero attached hydrogens (tertiary/aromatic N) is 1. The van der Waals surface area contributed by atoms with Crippen LogP contribution >= 0.6 is 0 Å². The molecule has 0 unspecified atom stereocenters. The van der Waals surface area contributed by atoms with Gasteiger partial charge in [-0.1, -0.05) is 12.1 Å². The molecular formula is C18H21N3O3. The van der Waals surface area contributed by atoms with Gasteiger partial charge in [0.25, 0.3) is 0 Å². The van der Waals surface area contributed by atoms with Crippen molar-refractivity contribution in [3.05, 3.63) is 54.4 Å². The molecule has 126 valence electrons. The average Bonchev–Trinajstić information content (AvgIpc) is 2.60. The van der Waals surface area contributed by atoms with Gasteiger partial charge in [-0.05, 0) is 43.7 Å². The maximum Gasteiger partial charge on any atom is 0.239 e. The fraction of sp³-hybridized carbons (Fsp3) is 0.278. The van der Waals surface area contributed by atoms with Crippen molar-refractivity contribution in [2.24, 2.45) is 5.41 Å². The Morgan fingerprint density at radius 3 is 2.42 bits per heavy atom. The number of methoxy groups -OCH3 is 1. The lowest BCUT2D eigenvalue weighted by molar-refractivity contribution is -0.138. The highest BCUT2D eigenvalue weighted by Crippen LogP contribution is 2.26. The van der Waals surface area contributed by atoms with Gasteiger partial charge >= 0.3 is 0 Å². The number of amides is 2. The van der Waals surface area contributed by atoms with Crippen LogP contribution in [0.4, 0.5) is 5.69 Å². The monoisotopic (exact) mass is 327 g/mol. The van der Waals surface area contributed by atoms with Crippen LogP contribution in [0.1, 0.15) is 19.4 Å². The van der Waals surface area contributed by atoms with Gasteiger partial charge in [0.05, 0.1) is 12.8 Å². The van der Waals surface area contributed by atoms with Crippen molar-refractivity contribution in [2.75, 3.05) is 12.4 Å². The van der Waals surface area contributed by atoms with E-state index in [-0.39, 0.29) is 5.91 Å². The molecule has 1 aromatic carbocycles. The van der Waals surface area contributed by atoms with Gasteiger partial charge in [0.1, 0.15) is 11.2 Å². The van der Waals surface area contributed by atoms with Gasteiger partial charge in [-0.25, -0.2) is 0 Å². The molecule has 2 N–H and O–H groups in total. The Kier molecular flexibility index (Phi) is 5.52. The van der Waals surface area contributed by atoms with Crippen molar-refractivity contribution < 1.29 is 14.3 Å². The normalized spacial score (nSPS) is 10.8. The van der Waals surface area contributed by atoms with Crippen LogP contribution in [0.15, 0.2) is 48.8 Å². The van der Waals surface area contributed by atoms with Gasteiger partial charge in [-0.2, -0.15) is 0 Å². The van der Waals surface area contributed by atoms with Crippen molar-refractivity contribution in [3.8, 4) is 5.75 Å². The number of hydrogen-bond donors (Lipinski definition) is 2. The second-order valence-electron chi connectivity index (χ2n) is 5.82. The molecule has 0 spiro atoms. The van der Waals surface area contributed by atoms with Crippen molar-refractivity contribution in [2.45, 2.75) is 20.4 Å². The molecule has 0 aliphatic carbocycles.